The quantitative estimate of drug-likeness (QED) is 0.559. The molecule has 0 spiro atoms. The van der Waals surface area contributed by atoms with E-state index in [4.69, 9.17) is 9.47 Å². The third-order valence-corrected chi connectivity index (χ3v) is 4.20. The molecule has 2 rings (SSSR count). The van der Waals surface area contributed by atoms with Crippen LogP contribution in [0.2, 0.25) is 0 Å². The van der Waals surface area contributed by atoms with Gasteiger partial charge in [0.2, 0.25) is 0 Å². The first kappa shape index (κ1) is 20.1. The van der Waals surface area contributed by atoms with Gasteiger partial charge in [-0.3, -0.25) is 0 Å². The molecule has 0 aliphatic heterocycles. The molecule has 1 aromatic carbocycles. The Kier molecular flexibility index (Phi) is 6.11. The molecule has 0 bridgehead atoms. The van der Waals surface area contributed by atoms with Crippen molar-refractivity contribution in [3.63, 3.8) is 0 Å². The fourth-order valence-electron chi connectivity index (χ4n) is 2.17. The predicted octanol–water partition coefficient (Wildman–Crippen LogP) is 5.13. The van der Waals surface area contributed by atoms with Crippen molar-refractivity contribution in [1.82, 2.24) is 4.90 Å². The first-order valence-corrected chi connectivity index (χ1v) is 9.00. The molecule has 0 saturated heterocycles. The average Bonchev–Trinajstić information content (AvgIpc) is 3.25. The Morgan fingerprint density at radius 1 is 1.28 bits per heavy atom. The van der Waals surface area contributed by atoms with Crippen LogP contribution in [0.4, 0.5) is 18.0 Å². The van der Waals surface area contributed by atoms with E-state index < -0.39 is 18.4 Å². The Bertz CT molecular complexity index is 625. The van der Waals surface area contributed by atoms with E-state index >= 15 is 0 Å². The van der Waals surface area contributed by atoms with Crippen LogP contribution in [0.3, 0.4) is 0 Å². The molecule has 1 aliphatic carbocycles. The van der Waals surface area contributed by atoms with Crippen molar-refractivity contribution >= 4 is 28.7 Å². The van der Waals surface area contributed by atoms with Gasteiger partial charge in [-0.25, -0.2) is 4.79 Å². The maximum atomic E-state index is 12.4. The van der Waals surface area contributed by atoms with Gasteiger partial charge in [0.05, 0.1) is 3.57 Å². The van der Waals surface area contributed by atoms with Crippen LogP contribution in [0.1, 0.15) is 39.2 Å². The molecular weight excluding hydrogens is 450 g/mol. The number of ether oxygens (including phenoxy) is 2. The summed E-state index contributed by atoms with van der Waals surface area (Å²) in [7, 11) is 0. The minimum Gasteiger partial charge on any atom is -0.483 e. The lowest BCUT2D eigenvalue weighted by Gasteiger charge is -2.27. The van der Waals surface area contributed by atoms with Crippen LogP contribution in [0.5, 0.6) is 5.75 Å². The standard InChI is InChI=1S/C17H21F3INO3/c1-16(2,3)25-15(23)22(12-5-6-12)9-11-4-7-14(13(21)8-11)24-10-17(18,19)20/h4,7-8,12H,5-6,9-10H2,1-3H3. The van der Waals surface area contributed by atoms with Crippen molar-refractivity contribution in [3.8, 4) is 5.75 Å². The number of benzene rings is 1. The van der Waals surface area contributed by atoms with Crippen LogP contribution >= 0.6 is 22.6 Å². The van der Waals surface area contributed by atoms with Crippen LogP contribution < -0.4 is 4.74 Å². The van der Waals surface area contributed by atoms with Gasteiger partial charge in [0, 0.05) is 12.6 Å². The second kappa shape index (κ2) is 7.59. The molecule has 0 heterocycles. The Balaban J connectivity index is 2.05. The number of nitrogens with zero attached hydrogens (tertiary/aromatic N) is 1. The van der Waals surface area contributed by atoms with Crippen molar-refractivity contribution in [3.05, 3.63) is 27.3 Å². The van der Waals surface area contributed by atoms with Crippen LogP contribution in [-0.4, -0.2) is 35.4 Å². The highest BCUT2D eigenvalue weighted by atomic mass is 127. The van der Waals surface area contributed by atoms with Crippen molar-refractivity contribution in [2.24, 2.45) is 0 Å². The number of halogens is 4. The van der Waals surface area contributed by atoms with E-state index in [1.807, 2.05) is 43.4 Å². The van der Waals surface area contributed by atoms with Gasteiger partial charge in [-0.15, -0.1) is 0 Å². The maximum absolute atomic E-state index is 12.4. The highest BCUT2D eigenvalue weighted by Crippen LogP contribution is 2.31. The molecule has 140 valence electrons. The summed E-state index contributed by atoms with van der Waals surface area (Å²) < 4.78 is 47.6. The highest BCUT2D eigenvalue weighted by Gasteiger charge is 2.35. The number of hydrogen-bond acceptors (Lipinski definition) is 3. The molecule has 0 unspecified atom stereocenters. The summed E-state index contributed by atoms with van der Waals surface area (Å²) >= 11 is 1.93. The molecule has 0 radical (unpaired) electrons. The fraction of sp³-hybridized carbons (Fsp3) is 0.588. The largest absolute Gasteiger partial charge is 0.483 e. The van der Waals surface area contributed by atoms with Gasteiger partial charge in [-0.05, 0) is 73.9 Å². The zero-order chi connectivity index (χ0) is 18.8. The van der Waals surface area contributed by atoms with Gasteiger partial charge < -0.3 is 14.4 Å². The van der Waals surface area contributed by atoms with E-state index in [2.05, 4.69) is 0 Å². The molecule has 1 aromatic rings. The van der Waals surface area contributed by atoms with E-state index in [1.54, 1.807) is 17.0 Å². The smallest absolute Gasteiger partial charge is 0.422 e. The van der Waals surface area contributed by atoms with Gasteiger partial charge in [0.25, 0.3) is 0 Å². The van der Waals surface area contributed by atoms with Crippen molar-refractivity contribution in [1.29, 1.82) is 0 Å². The van der Waals surface area contributed by atoms with Crippen molar-refractivity contribution < 1.29 is 27.4 Å². The summed E-state index contributed by atoms with van der Waals surface area (Å²) in [4.78, 5) is 14.0. The number of carbonyl (C=O) groups excluding carboxylic acids is 1. The Labute approximate surface area is 158 Å². The lowest BCUT2D eigenvalue weighted by atomic mass is 10.2. The van der Waals surface area contributed by atoms with Gasteiger partial charge in [0.1, 0.15) is 11.4 Å². The number of amides is 1. The Morgan fingerprint density at radius 2 is 1.92 bits per heavy atom. The molecule has 1 amide bonds. The topological polar surface area (TPSA) is 38.8 Å². The molecule has 4 nitrogen and oxygen atoms in total. The minimum absolute atomic E-state index is 0.161. The molecule has 25 heavy (non-hydrogen) atoms. The number of alkyl halides is 3. The Morgan fingerprint density at radius 3 is 2.40 bits per heavy atom. The first-order chi connectivity index (χ1) is 11.4. The zero-order valence-electron chi connectivity index (χ0n) is 14.3. The molecule has 8 heteroatoms. The molecular formula is C17H21F3INO3. The van der Waals surface area contributed by atoms with E-state index in [9.17, 15) is 18.0 Å². The van der Waals surface area contributed by atoms with E-state index in [1.165, 1.54) is 6.07 Å². The molecule has 0 N–H and O–H groups in total. The lowest BCUT2D eigenvalue weighted by molar-refractivity contribution is -0.153. The van der Waals surface area contributed by atoms with E-state index in [0.29, 0.717) is 10.1 Å². The summed E-state index contributed by atoms with van der Waals surface area (Å²) in [6.07, 6.45) is -2.88. The minimum atomic E-state index is -4.37. The first-order valence-electron chi connectivity index (χ1n) is 7.92. The monoisotopic (exact) mass is 471 g/mol. The second-order valence-electron chi connectivity index (χ2n) is 7.01. The molecule has 1 saturated carbocycles. The molecule has 0 aromatic heterocycles. The van der Waals surface area contributed by atoms with Crippen molar-refractivity contribution in [2.45, 2.75) is 58.0 Å². The number of rotatable bonds is 5. The summed E-state index contributed by atoms with van der Waals surface area (Å²) in [5.41, 5.74) is 0.245. The SMILES string of the molecule is CC(C)(C)OC(=O)N(Cc1ccc(OCC(F)(F)F)c(I)c1)C1CC1. The third-order valence-electron chi connectivity index (χ3n) is 3.36. The van der Waals surface area contributed by atoms with Crippen LogP contribution in [0.25, 0.3) is 0 Å². The predicted molar refractivity (Wildman–Crippen MR) is 95.5 cm³/mol. The summed E-state index contributed by atoms with van der Waals surface area (Å²) in [6, 6.07) is 5.07. The zero-order valence-corrected chi connectivity index (χ0v) is 16.5. The average molecular weight is 471 g/mol. The van der Waals surface area contributed by atoms with Crippen molar-refractivity contribution in [2.75, 3.05) is 6.61 Å². The van der Waals surface area contributed by atoms with Gasteiger partial charge in [-0.1, -0.05) is 6.07 Å². The third kappa shape index (κ3) is 6.91. The lowest BCUT2D eigenvalue weighted by Crippen LogP contribution is -2.37. The number of hydrogen-bond donors (Lipinski definition) is 0. The Hall–Kier alpha value is -1.19. The summed E-state index contributed by atoms with van der Waals surface area (Å²) in [6.45, 7) is 4.46. The van der Waals surface area contributed by atoms with E-state index in [0.717, 1.165) is 18.4 Å². The van der Waals surface area contributed by atoms with Crippen LogP contribution in [0, 0.1) is 3.57 Å². The van der Waals surface area contributed by atoms with Crippen LogP contribution in [0.15, 0.2) is 18.2 Å². The van der Waals surface area contributed by atoms with Gasteiger partial charge in [0.15, 0.2) is 6.61 Å². The van der Waals surface area contributed by atoms with Gasteiger partial charge in [-0.2, -0.15) is 13.2 Å². The van der Waals surface area contributed by atoms with Gasteiger partial charge >= 0.3 is 12.3 Å². The fourth-order valence-corrected chi connectivity index (χ4v) is 2.90. The molecule has 0 atom stereocenters. The maximum Gasteiger partial charge on any atom is 0.422 e. The normalized spacial score (nSPS) is 15.0. The summed E-state index contributed by atoms with van der Waals surface area (Å²) in [5, 5.41) is 0. The van der Waals surface area contributed by atoms with Crippen LogP contribution in [-0.2, 0) is 11.3 Å². The molecule has 1 aliphatic rings. The summed E-state index contributed by atoms with van der Waals surface area (Å²) in [5.74, 6) is 0.178. The molecule has 1 fully saturated rings. The number of carbonyl (C=O) groups is 1. The van der Waals surface area contributed by atoms with E-state index in [-0.39, 0.29) is 17.9 Å². The second-order valence-corrected chi connectivity index (χ2v) is 8.17. The highest BCUT2D eigenvalue weighted by molar-refractivity contribution is 14.1.